The molecule has 4 rings (SSSR count). The molecule has 0 spiro atoms. The molecule has 0 aliphatic carbocycles. The Morgan fingerprint density at radius 3 is 2.76 bits per heavy atom. The van der Waals surface area contributed by atoms with E-state index in [0.29, 0.717) is 22.1 Å². The van der Waals surface area contributed by atoms with Crippen LogP contribution in [0.15, 0.2) is 36.0 Å². The SMILES string of the molecule is CS(=O)c1ccc(-n2cnc3c(OC4CCNCC4)ncnc32)cn1. The molecule has 9 heteroatoms. The number of ether oxygens (including phenoxy) is 1. The number of imidazole rings is 1. The average Bonchev–Trinajstić information content (AvgIpc) is 3.08. The Balaban J connectivity index is 1.67. The monoisotopic (exact) mass is 358 g/mol. The molecule has 0 radical (unpaired) electrons. The summed E-state index contributed by atoms with van der Waals surface area (Å²) in [4.78, 5) is 17.3. The van der Waals surface area contributed by atoms with Gasteiger partial charge in [0, 0.05) is 6.26 Å². The molecule has 1 atom stereocenters. The second-order valence-electron chi connectivity index (χ2n) is 5.84. The predicted molar refractivity (Wildman–Crippen MR) is 93.3 cm³/mol. The van der Waals surface area contributed by atoms with Crippen LogP contribution in [-0.4, -0.2) is 54.2 Å². The Morgan fingerprint density at radius 1 is 1.20 bits per heavy atom. The minimum absolute atomic E-state index is 0.144. The molecule has 1 fully saturated rings. The van der Waals surface area contributed by atoms with E-state index in [1.54, 1.807) is 24.8 Å². The fraction of sp³-hybridized carbons (Fsp3) is 0.375. The van der Waals surface area contributed by atoms with E-state index < -0.39 is 10.8 Å². The van der Waals surface area contributed by atoms with Gasteiger partial charge in [-0.3, -0.25) is 8.78 Å². The van der Waals surface area contributed by atoms with Crippen LogP contribution in [0.25, 0.3) is 16.9 Å². The summed E-state index contributed by atoms with van der Waals surface area (Å²) in [6.07, 6.45) is 8.47. The van der Waals surface area contributed by atoms with E-state index in [1.165, 1.54) is 6.33 Å². The van der Waals surface area contributed by atoms with Crippen LogP contribution in [0.3, 0.4) is 0 Å². The Bertz CT molecular complexity index is 905. The molecule has 1 unspecified atom stereocenters. The lowest BCUT2D eigenvalue weighted by atomic mass is 10.1. The number of aromatic nitrogens is 5. The van der Waals surface area contributed by atoms with Crippen LogP contribution in [0.1, 0.15) is 12.8 Å². The van der Waals surface area contributed by atoms with Crippen molar-refractivity contribution in [2.75, 3.05) is 19.3 Å². The topological polar surface area (TPSA) is 94.8 Å². The van der Waals surface area contributed by atoms with Crippen molar-refractivity contribution < 1.29 is 8.95 Å². The van der Waals surface area contributed by atoms with Crippen LogP contribution in [0.4, 0.5) is 0 Å². The van der Waals surface area contributed by atoms with E-state index in [2.05, 4.69) is 25.3 Å². The lowest BCUT2D eigenvalue weighted by molar-refractivity contribution is 0.158. The van der Waals surface area contributed by atoms with E-state index in [4.69, 9.17) is 4.74 Å². The van der Waals surface area contributed by atoms with Crippen molar-refractivity contribution in [3.8, 4) is 11.6 Å². The number of nitrogens with zero attached hydrogens (tertiary/aromatic N) is 5. The number of fused-ring (bicyclic) bond motifs is 1. The van der Waals surface area contributed by atoms with E-state index >= 15 is 0 Å². The molecule has 0 amide bonds. The predicted octanol–water partition coefficient (Wildman–Crippen LogP) is 1.08. The Kier molecular flexibility index (Phi) is 4.41. The fourth-order valence-electron chi connectivity index (χ4n) is 2.84. The molecule has 1 saturated heterocycles. The van der Waals surface area contributed by atoms with Crippen molar-refractivity contribution in [2.24, 2.45) is 0 Å². The standard InChI is InChI=1S/C16H18N6O2S/c1-25(23)13-3-2-11(8-18-13)22-10-21-14-15(22)19-9-20-16(14)24-12-4-6-17-7-5-12/h2-3,8-10,12,17H,4-7H2,1H3. The van der Waals surface area contributed by atoms with Crippen LogP contribution in [-0.2, 0) is 10.8 Å². The highest BCUT2D eigenvalue weighted by Crippen LogP contribution is 2.24. The highest BCUT2D eigenvalue weighted by molar-refractivity contribution is 7.84. The van der Waals surface area contributed by atoms with Gasteiger partial charge in [-0.25, -0.2) is 15.0 Å². The third kappa shape index (κ3) is 3.24. The molecule has 0 saturated carbocycles. The molecular formula is C16H18N6O2S. The lowest BCUT2D eigenvalue weighted by Gasteiger charge is -2.23. The molecule has 3 aromatic heterocycles. The van der Waals surface area contributed by atoms with Gasteiger partial charge in [-0.2, -0.15) is 4.98 Å². The first kappa shape index (κ1) is 16.1. The van der Waals surface area contributed by atoms with Crippen LogP contribution in [0, 0.1) is 0 Å². The van der Waals surface area contributed by atoms with Gasteiger partial charge in [0.15, 0.2) is 11.2 Å². The zero-order valence-electron chi connectivity index (χ0n) is 13.8. The van der Waals surface area contributed by atoms with Crippen molar-refractivity contribution in [1.29, 1.82) is 0 Å². The van der Waals surface area contributed by atoms with Gasteiger partial charge in [-0.05, 0) is 38.1 Å². The summed E-state index contributed by atoms with van der Waals surface area (Å²) in [5.41, 5.74) is 2.08. The molecule has 130 valence electrons. The third-order valence-corrected chi connectivity index (χ3v) is 4.99. The largest absolute Gasteiger partial charge is 0.473 e. The highest BCUT2D eigenvalue weighted by Gasteiger charge is 2.19. The summed E-state index contributed by atoms with van der Waals surface area (Å²) >= 11 is 0. The number of pyridine rings is 1. The van der Waals surface area contributed by atoms with E-state index in [0.717, 1.165) is 31.6 Å². The number of hydrogen-bond donors (Lipinski definition) is 1. The Hall–Kier alpha value is -2.39. The summed E-state index contributed by atoms with van der Waals surface area (Å²) in [5, 5.41) is 3.85. The van der Waals surface area contributed by atoms with Gasteiger partial charge >= 0.3 is 0 Å². The van der Waals surface area contributed by atoms with Crippen molar-refractivity contribution >= 4 is 22.0 Å². The Labute approximate surface area is 147 Å². The second kappa shape index (κ2) is 6.85. The number of nitrogens with one attached hydrogen (secondary N) is 1. The molecule has 1 N–H and O–H groups in total. The summed E-state index contributed by atoms with van der Waals surface area (Å²) in [6, 6.07) is 3.59. The summed E-state index contributed by atoms with van der Waals surface area (Å²) in [7, 11) is -1.11. The zero-order chi connectivity index (χ0) is 17.2. The first-order valence-electron chi connectivity index (χ1n) is 8.07. The summed E-state index contributed by atoms with van der Waals surface area (Å²) in [5.74, 6) is 0.509. The van der Waals surface area contributed by atoms with Crippen molar-refractivity contribution in [2.45, 2.75) is 24.0 Å². The normalized spacial score (nSPS) is 16.8. The van der Waals surface area contributed by atoms with Gasteiger partial charge in [0.2, 0.25) is 5.88 Å². The van der Waals surface area contributed by atoms with Crippen molar-refractivity contribution in [1.82, 2.24) is 29.8 Å². The van der Waals surface area contributed by atoms with E-state index in [-0.39, 0.29) is 6.10 Å². The maximum absolute atomic E-state index is 11.5. The summed E-state index contributed by atoms with van der Waals surface area (Å²) in [6.45, 7) is 1.90. The van der Waals surface area contributed by atoms with Crippen molar-refractivity contribution in [3.63, 3.8) is 0 Å². The molecule has 25 heavy (non-hydrogen) atoms. The number of piperidine rings is 1. The first-order valence-corrected chi connectivity index (χ1v) is 9.63. The molecule has 4 heterocycles. The number of rotatable bonds is 4. The molecule has 8 nitrogen and oxygen atoms in total. The molecule has 1 aliphatic heterocycles. The van der Waals surface area contributed by atoms with Crippen molar-refractivity contribution in [3.05, 3.63) is 31.0 Å². The highest BCUT2D eigenvalue weighted by atomic mass is 32.2. The average molecular weight is 358 g/mol. The smallest absolute Gasteiger partial charge is 0.245 e. The van der Waals surface area contributed by atoms with Gasteiger partial charge < -0.3 is 10.1 Å². The van der Waals surface area contributed by atoms with Crippen LogP contribution < -0.4 is 10.1 Å². The quantitative estimate of drug-likeness (QED) is 0.745. The second-order valence-corrected chi connectivity index (χ2v) is 7.17. The molecule has 3 aromatic rings. The molecule has 0 bridgehead atoms. The zero-order valence-corrected chi connectivity index (χ0v) is 14.6. The van der Waals surface area contributed by atoms with Crippen LogP contribution in [0.5, 0.6) is 5.88 Å². The minimum Gasteiger partial charge on any atom is -0.473 e. The minimum atomic E-state index is -1.11. The Morgan fingerprint density at radius 2 is 2.04 bits per heavy atom. The van der Waals surface area contributed by atoms with E-state index in [1.807, 2.05) is 10.6 Å². The summed E-state index contributed by atoms with van der Waals surface area (Å²) < 4.78 is 19.3. The van der Waals surface area contributed by atoms with E-state index in [9.17, 15) is 4.21 Å². The van der Waals surface area contributed by atoms with Gasteiger partial charge in [-0.1, -0.05) is 0 Å². The first-order chi connectivity index (χ1) is 12.2. The number of hydrogen-bond acceptors (Lipinski definition) is 7. The van der Waals surface area contributed by atoms with Gasteiger partial charge in [0.1, 0.15) is 23.8 Å². The third-order valence-electron chi connectivity index (χ3n) is 4.16. The maximum Gasteiger partial charge on any atom is 0.245 e. The van der Waals surface area contributed by atoms with Gasteiger partial charge in [-0.15, -0.1) is 0 Å². The molecular weight excluding hydrogens is 340 g/mol. The van der Waals surface area contributed by atoms with Crippen LogP contribution >= 0.6 is 0 Å². The molecule has 0 aromatic carbocycles. The van der Waals surface area contributed by atoms with Gasteiger partial charge in [0.05, 0.1) is 22.7 Å². The lowest BCUT2D eigenvalue weighted by Crippen LogP contribution is -2.34. The molecule has 1 aliphatic rings. The van der Waals surface area contributed by atoms with Gasteiger partial charge in [0.25, 0.3) is 0 Å². The van der Waals surface area contributed by atoms with Crippen LogP contribution in [0.2, 0.25) is 0 Å². The maximum atomic E-state index is 11.5. The fourth-order valence-corrected chi connectivity index (χ4v) is 3.31.